The molecule has 0 spiro atoms. The second kappa shape index (κ2) is 19.4. The Labute approximate surface area is 387 Å². The average Bonchev–Trinajstić information content (AvgIpc) is 3.91. The highest BCUT2D eigenvalue weighted by atomic mass is 32.1. The van der Waals surface area contributed by atoms with E-state index < -0.39 is 88.2 Å². The summed E-state index contributed by atoms with van der Waals surface area (Å²) in [5.74, 6) is -4.09. The average molecular weight is 953 g/mol. The number of nitrogens with zero attached hydrogens (tertiary/aromatic N) is 6. The van der Waals surface area contributed by atoms with Crippen molar-refractivity contribution in [3.63, 3.8) is 0 Å². The molecule has 350 valence electrons. The first kappa shape index (κ1) is 49.4. The third-order valence-electron chi connectivity index (χ3n) is 11.2. The van der Waals surface area contributed by atoms with Gasteiger partial charge in [-0.2, -0.15) is 18.4 Å². The number of aliphatic hydroxyl groups is 1. The maximum absolute atomic E-state index is 15.5. The number of carbonyl (C=O) groups excluding carboxylic acids is 4. The van der Waals surface area contributed by atoms with Crippen molar-refractivity contribution >= 4 is 63.7 Å². The van der Waals surface area contributed by atoms with Crippen molar-refractivity contribution < 1.29 is 51.3 Å². The number of benzene rings is 2. The van der Waals surface area contributed by atoms with Gasteiger partial charge >= 0.3 is 6.18 Å². The van der Waals surface area contributed by atoms with Gasteiger partial charge in [-0.05, 0) is 74.2 Å². The van der Waals surface area contributed by atoms with Crippen LogP contribution in [0.4, 0.5) is 28.9 Å². The van der Waals surface area contributed by atoms with Crippen molar-refractivity contribution in [2.24, 2.45) is 5.41 Å². The molecule has 3 N–H and O–H groups in total. The second-order valence-electron chi connectivity index (χ2n) is 17.4. The van der Waals surface area contributed by atoms with Crippen molar-refractivity contribution in [3.05, 3.63) is 87.9 Å². The molecule has 0 radical (unpaired) electrons. The maximum Gasteiger partial charge on any atom is 0.420 e. The monoisotopic (exact) mass is 952 g/mol. The summed E-state index contributed by atoms with van der Waals surface area (Å²) in [4.78, 5) is 67.1. The lowest BCUT2D eigenvalue weighted by Crippen LogP contribution is -2.58. The van der Waals surface area contributed by atoms with Crippen molar-refractivity contribution in [2.75, 3.05) is 36.2 Å². The predicted molar refractivity (Wildman–Crippen MR) is 240 cm³/mol. The summed E-state index contributed by atoms with van der Waals surface area (Å²) < 4.78 is 68.1. The molecular weight excluding hydrogens is 905 g/mol. The third kappa shape index (κ3) is 10.3. The molecule has 21 heteroatoms. The minimum absolute atomic E-state index is 0.0320. The van der Waals surface area contributed by atoms with E-state index in [0.717, 1.165) is 33.8 Å². The maximum atomic E-state index is 15.5. The van der Waals surface area contributed by atoms with Gasteiger partial charge in [0, 0.05) is 25.6 Å². The molecule has 6 rings (SSSR count). The number of thiazole rings is 1. The number of β-amino-alcohol motifs (C(OH)–C–C–N with tert-alkyl or cyclic N) is 1. The summed E-state index contributed by atoms with van der Waals surface area (Å²) >= 11 is 7.07. The fourth-order valence-corrected chi connectivity index (χ4v) is 9.03. The van der Waals surface area contributed by atoms with Crippen LogP contribution in [-0.4, -0.2) is 98.8 Å². The number of aliphatic hydroxyl groups excluding tert-OH is 1. The number of rotatable bonds is 14. The zero-order chi connectivity index (χ0) is 48.5. The molecule has 0 saturated carbocycles. The van der Waals surface area contributed by atoms with Crippen LogP contribution in [0.2, 0.25) is 0 Å². The van der Waals surface area contributed by atoms with E-state index in [0.29, 0.717) is 10.5 Å². The fourth-order valence-electron chi connectivity index (χ4n) is 7.71. The summed E-state index contributed by atoms with van der Waals surface area (Å²) in [5, 5.41) is 25.0. The summed E-state index contributed by atoms with van der Waals surface area (Å²) in [6.45, 7) is 11.3. The molecule has 2 aliphatic heterocycles. The minimum Gasteiger partial charge on any atom is -0.475 e. The first-order valence-electron chi connectivity index (χ1n) is 20.7. The number of pyridine rings is 1. The molecule has 2 fully saturated rings. The summed E-state index contributed by atoms with van der Waals surface area (Å²) in [7, 11) is 0. The van der Waals surface area contributed by atoms with Crippen LogP contribution in [0.15, 0.2) is 54.2 Å². The number of likely N-dealkylation sites (tertiary alicyclic amines) is 1. The van der Waals surface area contributed by atoms with Crippen LogP contribution in [-0.2, 0) is 36.6 Å². The van der Waals surface area contributed by atoms with Gasteiger partial charge in [0.25, 0.3) is 5.91 Å². The Kier molecular flexibility index (Phi) is 14.5. The minimum atomic E-state index is -5.22. The van der Waals surface area contributed by atoms with Crippen molar-refractivity contribution in [1.29, 1.82) is 5.26 Å². The number of nitriles is 1. The number of aromatic nitrogens is 2. The molecular formula is C45H48F4N8O7S2. The smallest absolute Gasteiger partial charge is 0.420 e. The molecule has 66 heavy (non-hydrogen) atoms. The van der Waals surface area contributed by atoms with E-state index in [1.807, 2.05) is 31.2 Å². The van der Waals surface area contributed by atoms with Gasteiger partial charge in [-0.1, -0.05) is 45.0 Å². The van der Waals surface area contributed by atoms with E-state index in [1.165, 1.54) is 42.0 Å². The number of ether oxygens (including phenoxy) is 2. The van der Waals surface area contributed by atoms with Gasteiger partial charge in [0.15, 0.2) is 10.9 Å². The van der Waals surface area contributed by atoms with Crippen molar-refractivity contribution in [1.82, 2.24) is 25.5 Å². The Morgan fingerprint density at radius 2 is 1.77 bits per heavy atom. The first-order chi connectivity index (χ1) is 30.9. The second-order valence-corrected chi connectivity index (χ2v) is 18.6. The molecule has 3 atom stereocenters. The number of thiocarbonyl (C=S) groups is 1. The third-order valence-corrected chi connectivity index (χ3v) is 12.5. The van der Waals surface area contributed by atoms with E-state index in [9.17, 15) is 42.7 Å². The van der Waals surface area contributed by atoms with Gasteiger partial charge in [0.1, 0.15) is 36.4 Å². The number of anilines is 2. The van der Waals surface area contributed by atoms with E-state index in [2.05, 4.69) is 20.6 Å². The molecule has 0 aliphatic carbocycles. The number of alkyl halides is 3. The highest BCUT2D eigenvalue weighted by Gasteiger charge is 2.52. The van der Waals surface area contributed by atoms with E-state index in [1.54, 1.807) is 44.5 Å². The topological polar surface area (TPSA) is 190 Å². The summed E-state index contributed by atoms with van der Waals surface area (Å²) in [6.07, 6.45) is -4.80. The highest BCUT2D eigenvalue weighted by molar-refractivity contribution is 7.81. The van der Waals surface area contributed by atoms with Gasteiger partial charge < -0.3 is 35.0 Å². The van der Waals surface area contributed by atoms with Crippen molar-refractivity contribution in [3.8, 4) is 22.4 Å². The van der Waals surface area contributed by atoms with E-state index >= 15 is 4.39 Å². The Morgan fingerprint density at radius 3 is 2.38 bits per heavy atom. The van der Waals surface area contributed by atoms with Crippen LogP contribution in [0, 0.1) is 36.4 Å². The lowest BCUT2D eigenvalue weighted by molar-refractivity contribution is -0.144. The predicted octanol–water partition coefficient (Wildman–Crippen LogP) is 5.97. The summed E-state index contributed by atoms with van der Waals surface area (Å²) in [6, 6.07) is 10.2. The van der Waals surface area contributed by atoms with Crippen molar-refractivity contribution in [2.45, 2.75) is 91.3 Å². The Morgan fingerprint density at radius 1 is 1.08 bits per heavy atom. The molecule has 0 unspecified atom stereocenters. The normalized spacial score (nSPS) is 17.8. The van der Waals surface area contributed by atoms with Crippen LogP contribution in [0.3, 0.4) is 0 Å². The zero-order valence-corrected chi connectivity index (χ0v) is 38.7. The number of carbonyl (C=O) groups is 4. The Balaban J connectivity index is 1.02. The molecule has 0 bridgehead atoms. The van der Waals surface area contributed by atoms with Gasteiger partial charge in [0.05, 0.1) is 58.0 Å². The standard InChI is InChI=1S/C45H48F4N8O7S2/c1-24-16-34(51-20-32(24)57-42(65)56(41(62)44(57,6)7)30-13-12-28(18-50)35(36(30)46)45(47,48)49)64-15-14-63-22-33(59)54-38(43(3,4)5)40(61)55-21-29(58)17-31(55)39(60)52-19-26-8-10-27(11-9-26)37-25(2)53-23-66-37/h8-13,16,20,23,29,31,38,58H,14-15,17,19,21-22H2,1-7H3,(H,52,60)(H,54,59)/t29-,31+,38-/m1/s1. The SMILES string of the molecule is Cc1cc(OCCOCC(=O)N[C@H](C(=O)N2C[C@H](O)C[C@H]2C(=O)NCc2ccc(-c3scnc3C)cc2)C(C)(C)C)ncc1N1C(=S)N(c2ccc(C#N)c(C(F)(F)F)c2F)C(=O)C1(C)C. The fraction of sp³-hybridized carbons (Fsp3) is 0.422. The lowest BCUT2D eigenvalue weighted by atomic mass is 9.85. The van der Waals surface area contributed by atoms with Crippen LogP contribution >= 0.6 is 23.6 Å². The van der Waals surface area contributed by atoms with Crippen LogP contribution < -0.4 is 25.2 Å². The van der Waals surface area contributed by atoms with Gasteiger partial charge in [-0.25, -0.2) is 14.4 Å². The lowest BCUT2D eigenvalue weighted by Gasteiger charge is -2.35. The molecule has 15 nitrogen and oxygen atoms in total. The first-order valence-corrected chi connectivity index (χ1v) is 21.9. The van der Waals surface area contributed by atoms with Gasteiger partial charge in [-0.3, -0.25) is 24.1 Å². The van der Waals surface area contributed by atoms with E-state index in [4.69, 9.17) is 21.7 Å². The molecule has 2 saturated heterocycles. The number of nitrogens with one attached hydrogen (secondary N) is 2. The highest BCUT2D eigenvalue weighted by Crippen LogP contribution is 2.42. The molecule has 4 amide bonds. The molecule has 4 heterocycles. The number of hydrogen-bond donors (Lipinski definition) is 3. The zero-order valence-electron chi connectivity index (χ0n) is 37.1. The van der Waals surface area contributed by atoms with Crippen LogP contribution in [0.25, 0.3) is 10.4 Å². The number of halogens is 4. The van der Waals surface area contributed by atoms with Gasteiger partial charge in [0.2, 0.25) is 23.6 Å². The number of hydrogen-bond acceptors (Lipinski definition) is 12. The quantitative estimate of drug-likeness (QED) is 0.0764. The molecule has 2 aliphatic rings. The molecule has 2 aromatic carbocycles. The Hall–Kier alpha value is -6.08. The molecule has 4 aromatic rings. The largest absolute Gasteiger partial charge is 0.475 e. The van der Waals surface area contributed by atoms with E-state index in [-0.39, 0.29) is 49.4 Å². The summed E-state index contributed by atoms with van der Waals surface area (Å²) in [5.41, 5.74) is -0.475. The van der Waals surface area contributed by atoms with Gasteiger partial charge in [-0.15, -0.1) is 11.3 Å². The Bertz CT molecular complexity index is 2580. The van der Waals surface area contributed by atoms with Crippen LogP contribution in [0.5, 0.6) is 5.88 Å². The number of amides is 4. The number of aryl methyl sites for hydroxylation is 2. The van der Waals surface area contributed by atoms with Crippen LogP contribution in [0.1, 0.15) is 69.0 Å². The molecule has 2 aromatic heterocycles.